The fraction of sp³-hybridized carbons (Fsp3) is 0.611. The predicted octanol–water partition coefficient (Wildman–Crippen LogP) is 5.82. The quantitative estimate of drug-likeness (QED) is 0.347. The minimum absolute atomic E-state index is 0.0761. The van der Waals surface area contributed by atoms with Crippen LogP contribution in [0.25, 0.3) is 0 Å². The van der Waals surface area contributed by atoms with Gasteiger partial charge in [0.15, 0.2) is 0 Å². The highest BCUT2D eigenvalue weighted by Gasteiger charge is 2.43. The lowest BCUT2D eigenvalue weighted by Gasteiger charge is -2.40. The van der Waals surface area contributed by atoms with Crippen molar-refractivity contribution in [3.63, 3.8) is 0 Å². The summed E-state index contributed by atoms with van der Waals surface area (Å²) in [5.41, 5.74) is 2.47. The molecule has 3 unspecified atom stereocenters. The zero-order valence-corrected chi connectivity index (χ0v) is 25.7. The number of hydrogen-bond acceptors (Lipinski definition) is 4. The summed E-state index contributed by atoms with van der Waals surface area (Å²) in [5.74, 6) is 1.03. The van der Waals surface area contributed by atoms with Crippen molar-refractivity contribution in [3.05, 3.63) is 71.8 Å². The van der Waals surface area contributed by atoms with Gasteiger partial charge in [0.25, 0.3) is 0 Å². The van der Waals surface area contributed by atoms with Crippen molar-refractivity contribution in [3.8, 4) is 0 Å². The Hall–Kier alpha value is -2.90. The Morgan fingerprint density at radius 2 is 1.53 bits per heavy atom. The fourth-order valence-corrected chi connectivity index (χ4v) is 8.10. The molecule has 7 heteroatoms. The first-order valence-corrected chi connectivity index (χ1v) is 16.9. The van der Waals surface area contributed by atoms with Gasteiger partial charge >= 0.3 is 12.0 Å². The van der Waals surface area contributed by atoms with Crippen molar-refractivity contribution in [1.29, 1.82) is 0 Å². The van der Waals surface area contributed by atoms with Gasteiger partial charge in [-0.3, -0.25) is 9.69 Å². The molecule has 0 bridgehead atoms. The van der Waals surface area contributed by atoms with Crippen LogP contribution in [-0.2, 0) is 11.3 Å². The number of carbonyl (C=O) groups excluding carboxylic acids is 1. The molecular formula is C36H50N4O3. The SMILES string of the molecule is O=C(O)C(C1CCCCC1)N1CC(CN2CCC(N(CC3CC3)C(=O)NCc3ccccc3)CC2)C(c2ccccc2)C1. The van der Waals surface area contributed by atoms with E-state index in [1.807, 2.05) is 18.2 Å². The lowest BCUT2D eigenvalue weighted by atomic mass is 9.83. The van der Waals surface area contributed by atoms with Gasteiger partial charge in [-0.2, -0.15) is 0 Å². The lowest BCUT2D eigenvalue weighted by Crippen LogP contribution is -2.52. The maximum Gasteiger partial charge on any atom is 0.321 e. The lowest BCUT2D eigenvalue weighted by molar-refractivity contribution is -0.145. The van der Waals surface area contributed by atoms with Gasteiger partial charge in [0.1, 0.15) is 6.04 Å². The van der Waals surface area contributed by atoms with Crippen molar-refractivity contribution in [2.24, 2.45) is 17.8 Å². The van der Waals surface area contributed by atoms with E-state index in [1.165, 1.54) is 24.8 Å². The number of carboxylic acid groups (broad SMARTS) is 1. The van der Waals surface area contributed by atoms with E-state index in [9.17, 15) is 14.7 Å². The van der Waals surface area contributed by atoms with Gasteiger partial charge < -0.3 is 20.2 Å². The van der Waals surface area contributed by atoms with Gasteiger partial charge in [0.05, 0.1) is 0 Å². The summed E-state index contributed by atoms with van der Waals surface area (Å²) in [5, 5.41) is 13.6. The summed E-state index contributed by atoms with van der Waals surface area (Å²) >= 11 is 0. The summed E-state index contributed by atoms with van der Waals surface area (Å²) in [4.78, 5) is 33.0. The van der Waals surface area contributed by atoms with E-state index >= 15 is 0 Å². The van der Waals surface area contributed by atoms with Gasteiger partial charge in [-0.25, -0.2) is 4.79 Å². The van der Waals surface area contributed by atoms with Crippen molar-refractivity contribution < 1.29 is 14.7 Å². The Kier molecular flexibility index (Phi) is 9.99. The number of benzene rings is 2. The standard InChI is InChI=1S/C36H50N4O3/c41-35(42)34(30-14-8-3-9-15-30)39-25-31(33(26-39)29-12-6-2-7-13-29)24-38-20-18-32(19-21-38)40(23-28-16-17-28)36(43)37-22-27-10-4-1-5-11-27/h1-2,4-7,10-13,28,30-34H,3,8-9,14-26H2,(H,37,43)(H,41,42). The third-order valence-electron chi connectivity index (χ3n) is 10.6. The molecule has 2 amide bonds. The highest BCUT2D eigenvalue weighted by atomic mass is 16.4. The molecular weight excluding hydrogens is 536 g/mol. The molecule has 6 rings (SSSR count). The van der Waals surface area contributed by atoms with Crippen molar-refractivity contribution >= 4 is 12.0 Å². The van der Waals surface area contributed by atoms with Gasteiger partial charge in [0, 0.05) is 57.8 Å². The van der Waals surface area contributed by atoms with E-state index in [1.54, 1.807) is 0 Å². The zero-order valence-electron chi connectivity index (χ0n) is 25.7. The molecule has 232 valence electrons. The van der Waals surface area contributed by atoms with Crippen LogP contribution in [0.15, 0.2) is 60.7 Å². The molecule has 0 radical (unpaired) electrons. The second-order valence-corrected chi connectivity index (χ2v) is 13.7. The number of rotatable bonds is 11. The maximum atomic E-state index is 13.4. The predicted molar refractivity (Wildman–Crippen MR) is 170 cm³/mol. The fourth-order valence-electron chi connectivity index (χ4n) is 8.10. The first-order valence-electron chi connectivity index (χ1n) is 16.9. The normalized spacial score (nSPS) is 24.9. The molecule has 43 heavy (non-hydrogen) atoms. The third-order valence-corrected chi connectivity index (χ3v) is 10.6. The van der Waals surface area contributed by atoms with Gasteiger partial charge in [-0.15, -0.1) is 0 Å². The van der Waals surface area contributed by atoms with Crippen LogP contribution >= 0.6 is 0 Å². The summed E-state index contributed by atoms with van der Waals surface area (Å²) in [6.07, 6.45) is 10.1. The van der Waals surface area contributed by atoms with Crippen LogP contribution in [0.2, 0.25) is 0 Å². The Morgan fingerprint density at radius 3 is 2.19 bits per heavy atom. The molecule has 3 atom stereocenters. The number of hydrogen-bond donors (Lipinski definition) is 2. The first-order chi connectivity index (χ1) is 21.0. The molecule has 4 aliphatic rings. The third kappa shape index (κ3) is 7.79. The minimum Gasteiger partial charge on any atom is -0.480 e. The summed E-state index contributed by atoms with van der Waals surface area (Å²) in [6.45, 7) is 6.08. The molecule has 2 aliphatic carbocycles. The molecule has 0 spiro atoms. The molecule has 4 fully saturated rings. The molecule has 2 N–H and O–H groups in total. The van der Waals surface area contributed by atoms with Crippen molar-refractivity contribution in [1.82, 2.24) is 20.0 Å². The summed E-state index contributed by atoms with van der Waals surface area (Å²) in [7, 11) is 0. The van der Waals surface area contributed by atoms with E-state index in [0.717, 1.165) is 83.4 Å². The zero-order chi connectivity index (χ0) is 29.6. The van der Waals surface area contributed by atoms with Crippen LogP contribution < -0.4 is 5.32 Å². The van der Waals surface area contributed by atoms with Crippen LogP contribution in [0.4, 0.5) is 4.79 Å². The second-order valence-electron chi connectivity index (χ2n) is 13.7. The summed E-state index contributed by atoms with van der Waals surface area (Å²) < 4.78 is 0. The van der Waals surface area contributed by atoms with Gasteiger partial charge in [-0.05, 0) is 67.4 Å². The number of nitrogens with zero attached hydrogens (tertiary/aromatic N) is 3. The molecule has 2 aliphatic heterocycles. The van der Waals surface area contributed by atoms with Crippen molar-refractivity contribution in [2.75, 3.05) is 39.3 Å². The molecule has 7 nitrogen and oxygen atoms in total. The minimum atomic E-state index is -0.638. The number of amides is 2. The Balaban J connectivity index is 1.08. The number of likely N-dealkylation sites (tertiary alicyclic amines) is 2. The number of carbonyl (C=O) groups is 2. The number of carboxylic acids is 1. The topological polar surface area (TPSA) is 76.1 Å². The Bertz CT molecular complexity index is 1180. The Labute approximate surface area is 257 Å². The molecule has 2 saturated carbocycles. The second kappa shape index (κ2) is 14.3. The number of nitrogens with one attached hydrogen (secondary N) is 1. The van der Waals surface area contributed by atoms with E-state index in [4.69, 9.17) is 0 Å². The highest BCUT2D eigenvalue weighted by Crippen LogP contribution is 2.39. The molecule has 2 aromatic rings. The van der Waals surface area contributed by atoms with E-state index in [0.29, 0.717) is 24.3 Å². The molecule has 2 heterocycles. The van der Waals surface area contributed by atoms with Crippen LogP contribution in [0.1, 0.15) is 74.8 Å². The van der Waals surface area contributed by atoms with E-state index in [-0.39, 0.29) is 24.0 Å². The monoisotopic (exact) mass is 586 g/mol. The molecule has 0 aromatic heterocycles. The average molecular weight is 587 g/mol. The maximum absolute atomic E-state index is 13.4. The molecule has 2 saturated heterocycles. The van der Waals surface area contributed by atoms with Crippen molar-refractivity contribution in [2.45, 2.75) is 82.3 Å². The first kappa shape index (κ1) is 30.1. The van der Waals surface area contributed by atoms with Gasteiger partial charge in [-0.1, -0.05) is 79.9 Å². The smallest absolute Gasteiger partial charge is 0.321 e. The Morgan fingerprint density at radius 1 is 0.860 bits per heavy atom. The van der Waals surface area contributed by atoms with Crippen LogP contribution in [0.3, 0.4) is 0 Å². The van der Waals surface area contributed by atoms with E-state index in [2.05, 4.69) is 62.5 Å². The summed E-state index contributed by atoms with van der Waals surface area (Å²) in [6, 6.07) is 20.9. The van der Waals surface area contributed by atoms with Gasteiger partial charge in [0.2, 0.25) is 0 Å². The average Bonchev–Trinajstić information content (AvgIpc) is 3.78. The molecule has 2 aromatic carbocycles. The van der Waals surface area contributed by atoms with E-state index < -0.39 is 5.97 Å². The number of aliphatic carboxylic acids is 1. The van der Waals surface area contributed by atoms with Crippen LogP contribution in [0, 0.1) is 17.8 Å². The highest BCUT2D eigenvalue weighted by molar-refractivity contribution is 5.75. The van der Waals surface area contributed by atoms with Crippen LogP contribution in [-0.4, -0.2) is 83.2 Å². The van der Waals surface area contributed by atoms with Crippen LogP contribution in [0.5, 0.6) is 0 Å². The number of piperidine rings is 1. The largest absolute Gasteiger partial charge is 0.480 e. The number of urea groups is 1.